The van der Waals surface area contributed by atoms with Crippen LogP contribution >= 0.6 is 23.2 Å². The molecule has 0 aliphatic rings. The average Bonchev–Trinajstić information content (AvgIpc) is 2.84. The molecule has 0 bridgehead atoms. The number of aromatic nitrogens is 2. The first-order valence-electron chi connectivity index (χ1n) is 6.29. The van der Waals surface area contributed by atoms with Crippen molar-refractivity contribution in [2.45, 2.75) is 6.42 Å². The van der Waals surface area contributed by atoms with Crippen LogP contribution in [0.5, 0.6) is 0 Å². The third-order valence-corrected chi connectivity index (χ3v) is 3.51. The van der Waals surface area contributed by atoms with Crippen LogP contribution in [-0.4, -0.2) is 15.3 Å². The molecule has 0 aliphatic heterocycles. The van der Waals surface area contributed by atoms with Crippen molar-refractivity contribution in [3.8, 4) is 0 Å². The van der Waals surface area contributed by atoms with E-state index in [4.69, 9.17) is 23.2 Å². The molecule has 6 heteroatoms. The number of anilines is 1. The summed E-state index contributed by atoms with van der Waals surface area (Å²) < 4.78 is 1.87. The van der Waals surface area contributed by atoms with Crippen LogP contribution in [0, 0.1) is 0 Å². The minimum atomic E-state index is -0.178. The van der Waals surface area contributed by atoms with Gasteiger partial charge in [0, 0.05) is 17.4 Å². The molecule has 1 amide bonds. The van der Waals surface area contributed by atoms with E-state index in [1.807, 2.05) is 35.0 Å². The molecule has 1 N–H and O–H groups in total. The molecule has 3 aromatic rings. The zero-order chi connectivity index (χ0) is 14.8. The summed E-state index contributed by atoms with van der Waals surface area (Å²) in [6, 6.07) is 10.6. The molecule has 0 aliphatic carbocycles. The summed E-state index contributed by atoms with van der Waals surface area (Å²) in [4.78, 5) is 16.4. The number of fused-ring (bicyclic) bond motifs is 1. The van der Waals surface area contributed by atoms with Gasteiger partial charge in [-0.1, -0.05) is 29.3 Å². The number of hydrogen-bond acceptors (Lipinski definition) is 2. The van der Waals surface area contributed by atoms with Crippen LogP contribution < -0.4 is 5.32 Å². The van der Waals surface area contributed by atoms with Gasteiger partial charge in [-0.2, -0.15) is 0 Å². The van der Waals surface area contributed by atoms with Gasteiger partial charge in [-0.15, -0.1) is 0 Å². The first-order chi connectivity index (χ1) is 10.1. The molecule has 0 radical (unpaired) electrons. The fourth-order valence-electron chi connectivity index (χ4n) is 2.02. The number of rotatable bonds is 3. The van der Waals surface area contributed by atoms with E-state index >= 15 is 0 Å². The van der Waals surface area contributed by atoms with Crippen molar-refractivity contribution < 1.29 is 4.79 Å². The Morgan fingerprint density at radius 3 is 2.86 bits per heavy atom. The van der Waals surface area contributed by atoms with Crippen LogP contribution in [0.25, 0.3) is 5.65 Å². The number of hydrogen-bond donors (Lipinski definition) is 1. The third kappa shape index (κ3) is 3.17. The fraction of sp³-hybridized carbons (Fsp3) is 0.0667. The van der Waals surface area contributed by atoms with Crippen LogP contribution in [0.15, 0.2) is 48.8 Å². The maximum absolute atomic E-state index is 12.0. The van der Waals surface area contributed by atoms with Crippen molar-refractivity contribution in [3.63, 3.8) is 0 Å². The molecule has 106 valence electrons. The minimum absolute atomic E-state index is 0.178. The Morgan fingerprint density at radius 2 is 2.10 bits per heavy atom. The maximum atomic E-state index is 12.0. The van der Waals surface area contributed by atoms with Crippen molar-refractivity contribution in [1.82, 2.24) is 9.38 Å². The quantitative estimate of drug-likeness (QED) is 0.797. The first-order valence-corrected chi connectivity index (χ1v) is 7.05. The molecule has 2 aromatic heterocycles. The number of nitrogens with one attached hydrogen (secondary N) is 1. The Balaban J connectivity index is 1.74. The van der Waals surface area contributed by atoms with E-state index in [0.717, 1.165) is 5.65 Å². The molecule has 0 atom stereocenters. The summed E-state index contributed by atoms with van der Waals surface area (Å²) in [5.74, 6) is -0.178. The first kappa shape index (κ1) is 13.9. The number of carbonyl (C=O) groups is 1. The van der Waals surface area contributed by atoms with Gasteiger partial charge in [-0.3, -0.25) is 4.79 Å². The smallest absolute Gasteiger partial charge is 0.230 e. The van der Waals surface area contributed by atoms with Crippen LogP contribution in [0.3, 0.4) is 0 Å². The summed E-state index contributed by atoms with van der Waals surface area (Å²) in [6.07, 6.45) is 3.90. The fourth-order valence-corrected chi connectivity index (χ4v) is 2.48. The predicted octanol–water partition coefficient (Wildman–Crippen LogP) is 3.82. The summed E-state index contributed by atoms with van der Waals surface area (Å²) in [5, 5.41) is 3.69. The van der Waals surface area contributed by atoms with Gasteiger partial charge in [0.2, 0.25) is 5.91 Å². The van der Waals surface area contributed by atoms with Crippen molar-refractivity contribution in [2.75, 3.05) is 5.32 Å². The molecule has 0 saturated heterocycles. The molecule has 2 heterocycles. The number of amides is 1. The second-order valence-electron chi connectivity index (χ2n) is 4.55. The highest BCUT2D eigenvalue weighted by Crippen LogP contribution is 2.25. The van der Waals surface area contributed by atoms with Crippen LogP contribution in [-0.2, 0) is 11.2 Å². The van der Waals surface area contributed by atoms with E-state index in [9.17, 15) is 4.79 Å². The molecular weight excluding hydrogens is 309 g/mol. The molecule has 3 rings (SSSR count). The zero-order valence-corrected chi connectivity index (χ0v) is 12.4. The van der Waals surface area contributed by atoms with E-state index in [2.05, 4.69) is 10.3 Å². The Labute approximate surface area is 131 Å². The highest BCUT2D eigenvalue weighted by Gasteiger charge is 2.10. The highest BCUT2D eigenvalue weighted by atomic mass is 35.5. The normalized spacial score (nSPS) is 10.8. The Hall–Kier alpha value is -2.04. The van der Waals surface area contributed by atoms with Gasteiger partial charge in [0.05, 0.1) is 22.8 Å². The molecular formula is C15H11Cl2N3O. The Kier molecular flexibility index (Phi) is 3.82. The lowest BCUT2D eigenvalue weighted by atomic mass is 10.3. The molecule has 4 nitrogen and oxygen atoms in total. The van der Waals surface area contributed by atoms with Gasteiger partial charge >= 0.3 is 0 Å². The number of carbonyl (C=O) groups excluding carboxylic acids is 1. The van der Waals surface area contributed by atoms with Gasteiger partial charge in [0.25, 0.3) is 0 Å². The van der Waals surface area contributed by atoms with Gasteiger partial charge < -0.3 is 9.72 Å². The lowest BCUT2D eigenvalue weighted by Crippen LogP contribution is -2.14. The summed E-state index contributed by atoms with van der Waals surface area (Å²) in [6.45, 7) is 0. The van der Waals surface area contributed by atoms with Crippen molar-refractivity contribution in [2.24, 2.45) is 0 Å². The largest absolute Gasteiger partial charge is 0.324 e. The number of halogens is 2. The van der Waals surface area contributed by atoms with Gasteiger partial charge in [-0.25, -0.2) is 4.98 Å². The molecule has 0 unspecified atom stereocenters. The number of benzene rings is 1. The SMILES string of the molecule is O=C(Cc1cn2ccccc2n1)Nc1ccc(Cl)cc1Cl. The summed E-state index contributed by atoms with van der Waals surface area (Å²) in [7, 11) is 0. The van der Waals surface area contributed by atoms with Crippen LogP contribution in [0.4, 0.5) is 5.69 Å². The van der Waals surface area contributed by atoms with E-state index in [0.29, 0.717) is 21.4 Å². The Morgan fingerprint density at radius 1 is 1.24 bits per heavy atom. The molecule has 21 heavy (non-hydrogen) atoms. The average molecular weight is 320 g/mol. The van der Waals surface area contributed by atoms with Gasteiger partial charge in [-0.05, 0) is 30.3 Å². The van der Waals surface area contributed by atoms with Crippen molar-refractivity contribution in [3.05, 3.63) is 64.5 Å². The van der Waals surface area contributed by atoms with Gasteiger partial charge in [0.1, 0.15) is 5.65 Å². The van der Waals surface area contributed by atoms with E-state index < -0.39 is 0 Å². The molecule has 0 spiro atoms. The number of imidazole rings is 1. The van der Waals surface area contributed by atoms with Gasteiger partial charge in [0.15, 0.2) is 0 Å². The molecule has 0 saturated carbocycles. The second kappa shape index (κ2) is 5.76. The van der Waals surface area contributed by atoms with E-state index in [1.54, 1.807) is 18.2 Å². The van der Waals surface area contributed by atoms with E-state index in [-0.39, 0.29) is 12.3 Å². The predicted molar refractivity (Wildman–Crippen MR) is 84.0 cm³/mol. The summed E-state index contributed by atoms with van der Waals surface area (Å²) in [5.41, 5.74) is 2.04. The lowest BCUT2D eigenvalue weighted by Gasteiger charge is -2.06. The zero-order valence-electron chi connectivity index (χ0n) is 10.9. The molecule has 0 fully saturated rings. The van der Waals surface area contributed by atoms with E-state index in [1.165, 1.54) is 0 Å². The lowest BCUT2D eigenvalue weighted by molar-refractivity contribution is -0.115. The van der Waals surface area contributed by atoms with Crippen molar-refractivity contribution in [1.29, 1.82) is 0 Å². The summed E-state index contributed by atoms with van der Waals surface area (Å²) >= 11 is 11.8. The Bertz CT molecular complexity index is 781. The monoisotopic (exact) mass is 319 g/mol. The van der Waals surface area contributed by atoms with Crippen LogP contribution in [0.2, 0.25) is 10.0 Å². The number of nitrogens with zero attached hydrogens (tertiary/aromatic N) is 2. The van der Waals surface area contributed by atoms with Crippen molar-refractivity contribution >= 4 is 40.4 Å². The highest BCUT2D eigenvalue weighted by molar-refractivity contribution is 6.36. The third-order valence-electron chi connectivity index (χ3n) is 2.96. The maximum Gasteiger partial charge on any atom is 0.230 e. The topological polar surface area (TPSA) is 46.4 Å². The molecule has 1 aromatic carbocycles. The standard InChI is InChI=1S/C15H11Cl2N3O/c16-10-4-5-13(12(17)7-10)19-15(21)8-11-9-20-6-2-1-3-14(20)18-11/h1-7,9H,8H2,(H,19,21). The number of pyridine rings is 1. The minimum Gasteiger partial charge on any atom is -0.324 e. The second-order valence-corrected chi connectivity index (χ2v) is 5.39. The van der Waals surface area contributed by atoms with Crippen LogP contribution in [0.1, 0.15) is 5.69 Å².